The fourth-order valence-electron chi connectivity index (χ4n) is 1.48. The van der Waals surface area contributed by atoms with Gasteiger partial charge in [0.1, 0.15) is 5.75 Å². The van der Waals surface area contributed by atoms with E-state index in [9.17, 15) is 35.9 Å². The highest BCUT2D eigenvalue weighted by molar-refractivity contribution is 6.04. The van der Waals surface area contributed by atoms with E-state index in [4.69, 9.17) is 5.11 Å². The topological polar surface area (TPSA) is 63.6 Å². The molecule has 1 aromatic carbocycles. The van der Waals surface area contributed by atoms with Crippen molar-refractivity contribution in [1.29, 1.82) is 0 Å². The van der Waals surface area contributed by atoms with E-state index in [1.54, 1.807) is 0 Å². The summed E-state index contributed by atoms with van der Waals surface area (Å²) in [5.74, 6) is -25.3. The number of hydrogen-bond donors (Lipinski definition) is 1. The summed E-state index contributed by atoms with van der Waals surface area (Å²) in [6.45, 7) is 0. The second-order valence-corrected chi connectivity index (χ2v) is 4.06. The van der Waals surface area contributed by atoms with Crippen LogP contribution in [0.5, 0.6) is 5.75 Å². The molecule has 0 aliphatic rings. The van der Waals surface area contributed by atoms with Crippen LogP contribution in [0.1, 0.15) is 10.4 Å². The second kappa shape index (κ2) is 5.50. The molecule has 0 bridgehead atoms. The number of benzene rings is 1. The molecule has 0 saturated carbocycles. The first kappa shape index (κ1) is 17.8. The minimum Gasteiger partial charge on any atom is -0.496 e. The number of aliphatic carboxylic acids is 1. The fraction of sp³-hybridized carbons (Fsp3) is 0.333. The van der Waals surface area contributed by atoms with Gasteiger partial charge in [0.05, 0.1) is 12.7 Å². The summed E-state index contributed by atoms with van der Waals surface area (Å²) in [6, 6.07) is 3.86. The van der Waals surface area contributed by atoms with Crippen molar-refractivity contribution in [3.63, 3.8) is 0 Å². The first-order valence-corrected chi connectivity index (χ1v) is 5.46. The Labute approximate surface area is 119 Å². The third-order valence-electron chi connectivity index (χ3n) is 2.69. The lowest BCUT2D eigenvalue weighted by Gasteiger charge is -2.29. The van der Waals surface area contributed by atoms with Crippen molar-refractivity contribution in [2.24, 2.45) is 0 Å². The number of Topliss-reactive ketones (excluding diaryl/α,β-unsaturated/α-hetero) is 1. The van der Waals surface area contributed by atoms with Crippen LogP contribution in [0.2, 0.25) is 0 Å². The van der Waals surface area contributed by atoms with Crippen LogP contribution in [0.15, 0.2) is 24.3 Å². The fourth-order valence-corrected chi connectivity index (χ4v) is 1.48. The first-order valence-electron chi connectivity index (χ1n) is 5.46. The summed E-state index contributed by atoms with van der Waals surface area (Å²) in [4.78, 5) is 21.6. The third kappa shape index (κ3) is 2.48. The Morgan fingerprint density at radius 1 is 1.00 bits per heavy atom. The number of carboxylic acid groups (broad SMARTS) is 1. The van der Waals surface area contributed by atoms with Gasteiger partial charge in [0.15, 0.2) is 0 Å². The lowest BCUT2D eigenvalue weighted by molar-refractivity contribution is -0.285. The number of rotatable bonds is 6. The lowest BCUT2D eigenvalue weighted by Crippen LogP contribution is -2.61. The number of para-hydroxylation sites is 1. The number of ether oxygens (including phenoxy) is 1. The van der Waals surface area contributed by atoms with Crippen LogP contribution in [0.3, 0.4) is 0 Å². The van der Waals surface area contributed by atoms with Gasteiger partial charge >= 0.3 is 23.7 Å². The number of carbonyl (C=O) groups is 2. The van der Waals surface area contributed by atoms with E-state index in [1.165, 1.54) is 6.07 Å². The van der Waals surface area contributed by atoms with Crippen molar-refractivity contribution in [3.8, 4) is 5.75 Å². The largest absolute Gasteiger partial charge is 0.496 e. The lowest BCUT2D eigenvalue weighted by atomic mass is 9.95. The number of carboxylic acids is 1. The molecular weight excluding hydrogens is 322 g/mol. The first-order chi connectivity index (χ1) is 9.91. The summed E-state index contributed by atoms with van der Waals surface area (Å²) in [5, 5.41) is 7.99. The van der Waals surface area contributed by atoms with E-state index >= 15 is 0 Å². The molecule has 0 fully saturated rings. The zero-order valence-electron chi connectivity index (χ0n) is 10.7. The molecule has 0 radical (unpaired) electrons. The smallest absolute Gasteiger partial charge is 0.411 e. The number of carbonyl (C=O) groups excluding carboxylic acids is 1. The Morgan fingerprint density at radius 3 is 1.95 bits per heavy atom. The van der Waals surface area contributed by atoms with Crippen molar-refractivity contribution in [2.45, 2.75) is 17.8 Å². The predicted molar refractivity (Wildman–Crippen MR) is 59.8 cm³/mol. The number of alkyl halides is 6. The Bertz CT molecular complexity index is 599. The second-order valence-electron chi connectivity index (χ2n) is 4.06. The van der Waals surface area contributed by atoms with E-state index in [2.05, 4.69) is 4.74 Å². The molecule has 22 heavy (non-hydrogen) atoms. The number of methoxy groups -OCH3 is 1. The van der Waals surface area contributed by atoms with Crippen molar-refractivity contribution in [1.82, 2.24) is 0 Å². The molecule has 10 heteroatoms. The van der Waals surface area contributed by atoms with Gasteiger partial charge in [-0.05, 0) is 12.1 Å². The highest BCUT2D eigenvalue weighted by Crippen LogP contribution is 2.47. The van der Waals surface area contributed by atoms with Gasteiger partial charge in [-0.25, -0.2) is 4.79 Å². The highest BCUT2D eigenvalue weighted by Gasteiger charge is 2.78. The minimum absolute atomic E-state index is 0.554. The summed E-state index contributed by atoms with van der Waals surface area (Å²) in [5.41, 5.74) is -1.09. The highest BCUT2D eigenvalue weighted by atomic mass is 19.3. The summed E-state index contributed by atoms with van der Waals surface area (Å²) in [6.07, 6.45) is 0. The van der Waals surface area contributed by atoms with Gasteiger partial charge in [-0.15, -0.1) is 0 Å². The van der Waals surface area contributed by atoms with Gasteiger partial charge in [-0.1, -0.05) is 12.1 Å². The van der Waals surface area contributed by atoms with Crippen LogP contribution < -0.4 is 4.74 Å². The molecule has 4 nitrogen and oxygen atoms in total. The van der Waals surface area contributed by atoms with Gasteiger partial charge < -0.3 is 9.84 Å². The molecule has 0 atom stereocenters. The molecular formula is C12H8F6O4. The SMILES string of the molecule is COc1ccccc1C(=O)C(F)(F)C(F)(F)C(F)(F)C(=O)O. The number of halogens is 6. The van der Waals surface area contributed by atoms with Gasteiger partial charge in [-0.2, -0.15) is 26.3 Å². The van der Waals surface area contributed by atoms with E-state index in [1.807, 2.05) is 0 Å². The standard InChI is InChI=1S/C12H8F6O4/c1-22-7-5-3-2-4-6(7)8(19)10(13,14)12(17,18)11(15,16)9(20)21/h2-5H,1H3,(H,20,21). The Morgan fingerprint density at radius 2 is 1.50 bits per heavy atom. The molecule has 0 aliphatic carbocycles. The molecule has 0 spiro atoms. The zero-order chi connectivity index (χ0) is 17.3. The monoisotopic (exact) mass is 330 g/mol. The average Bonchev–Trinajstić information content (AvgIpc) is 2.45. The quantitative estimate of drug-likeness (QED) is 0.643. The normalized spacial score (nSPS) is 12.9. The van der Waals surface area contributed by atoms with Crippen LogP contribution in [0, 0.1) is 0 Å². The molecule has 0 aliphatic heterocycles. The van der Waals surface area contributed by atoms with Gasteiger partial charge in [-0.3, -0.25) is 4.79 Å². The Balaban J connectivity index is 3.40. The van der Waals surface area contributed by atoms with Crippen LogP contribution in [-0.2, 0) is 4.79 Å². The van der Waals surface area contributed by atoms with E-state index in [0.717, 1.165) is 19.2 Å². The van der Waals surface area contributed by atoms with E-state index in [-0.39, 0.29) is 0 Å². The van der Waals surface area contributed by atoms with E-state index in [0.29, 0.717) is 6.07 Å². The van der Waals surface area contributed by atoms with E-state index < -0.39 is 40.8 Å². The third-order valence-corrected chi connectivity index (χ3v) is 2.69. The van der Waals surface area contributed by atoms with Crippen molar-refractivity contribution >= 4 is 11.8 Å². The maximum absolute atomic E-state index is 13.6. The molecule has 0 saturated heterocycles. The molecule has 1 rings (SSSR count). The maximum atomic E-state index is 13.6. The van der Waals surface area contributed by atoms with Crippen LogP contribution >= 0.6 is 0 Å². The summed E-state index contributed by atoms with van der Waals surface area (Å²) >= 11 is 0. The van der Waals surface area contributed by atoms with Crippen LogP contribution in [0.25, 0.3) is 0 Å². The maximum Gasteiger partial charge on any atom is 0.411 e. The minimum atomic E-state index is -6.44. The molecule has 0 amide bonds. The predicted octanol–water partition coefficient (Wildman–Crippen LogP) is 2.87. The molecule has 122 valence electrons. The summed E-state index contributed by atoms with van der Waals surface area (Å²) in [7, 11) is 0.939. The molecule has 0 heterocycles. The number of ketones is 1. The number of hydrogen-bond acceptors (Lipinski definition) is 3. The Kier molecular flexibility index (Phi) is 4.45. The van der Waals surface area contributed by atoms with Gasteiger partial charge in [0.25, 0.3) is 0 Å². The molecule has 0 unspecified atom stereocenters. The molecule has 0 aromatic heterocycles. The molecule has 1 N–H and O–H groups in total. The van der Waals surface area contributed by atoms with Crippen molar-refractivity contribution < 1.29 is 45.8 Å². The molecule has 1 aromatic rings. The van der Waals surface area contributed by atoms with Crippen LogP contribution in [0.4, 0.5) is 26.3 Å². The average molecular weight is 330 g/mol. The summed E-state index contributed by atoms with van der Waals surface area (Å²) < 4.78 is 83.9. The van der Waals surface area contributed by atoms with Crippen LogP contribution in [-0.4, -0.2) is 41.7 Å². The van der Waals surface area contributed by atoms with Crippen molar-refractivity contribution in [3.05, 3.63) is 29.8 Å². The Hall–Kier alpha value is -2.26. The van der Waals surface area contributed by atoms with Gasteiger partial charge in [0, 0.05) is 0 Å². The zero-order valence-corrected chi connectivity index (χ0v) is 10.7. The van der Waals surface area contributed by atoms with Gasteiger partial charge in [0.2, 0.25) is 5.78 Å². The van der Waals surface area contributed by atoms with Crippen molar-refractivity contribution in [2.75, 3.05) is 7.11 Å².